The van der Waals surface area contributed by atoms with Crippen LogP contribution >= 0.6 is 0 Å². The largest absolute Gasteiger partial charge is 0.392 e. The molecule has 6 heteroatoms. The van der Waals surface area contributed by atoms with Crippen molar-refractivity contribution in [3.63, 3.8) is 0 Å². The monoisotopic (exact) mass is 225 g/mol. The molecule has 0 radical (unpaired) electrons. The first-order valence-electron chi connectivity index (χ1n) is 5.65. The van der Waals surface area contributed by atoms with Gasteiger partial charge in [-0.1, -0.05) is 5.16 Å². The third kappa shape index (κ3) is 1.83. The molecule has 2 aliphatic heterocycles. The summed E-state index contributed by atoms with van der Waals surface area (Å²) in [6, 6.07) is -0.00132. The average molecular weight is 225 g/mol. The lowest BCUT2D eigenvalue weighted by Gasteiger charge is -2.02. The highest BCUT2D eigenvalue weighted by Gasteiger charge is 2.30. The molecule has 1 unspecified atom stereocenters. The summed E-state index contributed by atoms with van der Waals surface area (Å²) in [5.74, 6) is 1.58. The quantitative estimate of drug-likeness (QED) is 0.735. The summed E-state index contributed by atoms with van der Waals surface area (Å²) in [5.41, 5.74) is 0. The van der Waals surface area contributed by atoms with Crippen LogP contribution in [0.2, 0.25) is 0 Å². The van der Waals surface area contributed by atoms with Crippen LogP contribution in [0, 0.1) is 0 Å². The Kier molecular flexibility index (Phi) is 2.62. The minimum atomic E-state index is -0.310. The highest BCUT2D eigenvalue weighted by atomic mass is 16.5. The molecule has 16 heavy (non-hydrogen) atoms. The van der Waals surface area contributed by atoms with Gasteiger partial charge in [-0.3, -0.25) is 0 Å². The van der Waals surface area contributed by atoms with E-state index in [1.165, 1.54) is 0 Å². The number of hydrogen-bond acceptors (Lipinski definition) is 6. The van der Waals surface area contributed by atoms with Crippen LogP contribution in [-0.4, -0.2) is 41.1 Å². The Bertz CT molecular complexity index is 362. The fourth-order valence-corrected chi connectivity index (χ4v) is 2.20. The summed E-state index contributed by atoms with van der Waals surface area (Å²) >= 11 is 0. The molecule has 0 aliphatic carbocycles. The standard InChI is InChI=1S/C10H15N3O3/c14-7-3-8(11-4-7)10-12-9(13-16-10)6-1-2-15-5-6/h6-8,11,14H,1-5H2/t6?,7-,8+/m0/s1. The lowest BCUT2D eigenvalue weighted by atomic mass is 10.1. The van der Waals surface area contributed by atoms with Crippen molar-refractivity contribution in [1.82, 2.24) is 15.5 Å². The van der Waals surface area contributed by atoms with E-state index in [9.17, 15) is 5.11 Å². The molecular formula is C10H15N3O3. The number of aliphatic hydroxyl groups excluding tert-OH is 1. The third-order valence-electron chi connectivity index (χ3n) is 3.16. The molecule has 6 nitrogen and oxygen atoms in total. The van der Waals surface area contributed by atoms with Crippen LogP contribution in [0.1, 0.15) is 36.5 Å². The molecule has 2 N–H and O–H groups in total. The molecular weight excluding hydrogens is 210 g/mol. The van der Waals surface area contributed by atoms with E-state index >= 15 is 0 Å². The van der Waals surface area contributed by atoms with E-state index in [1.807, 2.05) is 0 Å². The lowest BCUT2D eigenvalue weighted by Crippen LogP contribution is -2.15. The first-order chi connectivity index (χ1) is 7.83. The number of β-amino-alcohol motifs (C(OH)–C–C–N with tert-alkyl or cyclic N) is 1. The molecule has 2 fully saturated rings. The van der Waals surface area contributed by atoms with Crippen molar-refractivity contribution in [2.75, 3.05) is 19.8 Å². The van der Waals surface area contributed by atoms with E-state index in [1.54, 1.807) is 0 Å². The summed E-state index contributed by atoms with van der Waals surface area (Å²) in [4.78, 5) is 4.38. The predicted molar refractivity (Wildman–Crippen MR) is 53.8 cm³/mol. The SMILES string of the molecule is O[C@@H]1CN[C@@H](c2nc(C3CCOC3)no2)C1. The van der Waals surface area contributed by atoms with Crippen molar-refractivity contribution < 1.29 is 14.4 Å². The zero-order chi connectivity index (χ0) is 11.0. The van der Waals surface area contributed by atoms with Gasteiger partial charge in [0.05, 0.1) is 18.8 Å². The molecule has 0 bridgehead atoms. The van der Waals surface area contributed by atoms with E-state index in [0.29, 0.717) is 25.5 Å². The lowest BCUT2D eigenvalue weighted by molar-refractivity contribution is 0.190. The van der Waals surface area contributed by atoms with Crippen molar-refractivity contribution in [1.29, 1.82) is 0 Å². The predicted octanol–water partition coefficient (Wildman–Crippen LogP) is -0.0312. The van der Waals surface area contributed by atoms with Crippen LogP contribution in [0.3, 0.4) is 0 Å². The normalized spacial score (nSPS) is 34.7. The second-order valence-electron chi connectivity index (χ2n) is 4.40. The number of nitrogens with zero attached hydrogens (tertiary/aromatic N) is 2. The van der Waals surface area contributed by atoms with Gasteiger partial charge in [0.15, 0.2) is 5.82 Å². The maximum absolute atomic E-state index is 9.41. The van der Waals surface area contributed by atoms with Gasteiger partial charge >= 0.3 is 0 Å². The van der Waals surface area contributed by atoms with E-state index in [0.717, 1.165) is 18.9 Å². The zero-order valence-electron chi connectivity index (χ0n) is 8.93. The van der Waals surface area contributed by atoms with Gasteiger partial charge in [-0.2, -0.15) is 4.98 Å². The molecule has 1 aromatic heterocycles. The molecule has 88 valence electrons. The van der Waals surface area contributed by atoms with Crippen LogP contribution < -0.4 is 5.32 Å². The van der Waals surface area contributed by atoms with Crippen LogP contribution in [0.5, 0.6) is 0 Å². The minimum absolute atomic E-state index is 0.00132. The minimum Gasteiger partial charge on any atom is -0.392 e. The number of ether oxygens (including phenoxy) is 1. The van der Waals surface area contributed by atoms with Gasteiger partial charge in [0, 0.05) is 19.1 Å². The Labute approximate surface area is 93.0 Å². The number of rotatable bonds is 2. The fourth-order valence-electron chi connectivity index (χ4n) is 2.20. The van der Waals surface area contributed by atoms with Crippen molar-refractivity contribution in [3.8, 4) is 0 Å². The van der Waals surface area contributed by atoms with Crippen LogP contribution in [-0.2, 0) is 4.74 Å². The van der Waals surface area contributed by atoms with E-state index in [2.05, 4.69) is 15.5 Å². The van der Waals surface area contributed by atoms with Gasteiger partial charge in [0.1, 0.15) is 0 Å². The zero-order valence-corrected chi connectivity index (χ0v) is 8.93. The highest BCUT2D eigenvalue weighted by Crippen LogP contribution is 2.26. The smallest absolute Gasteiger partial charge is 0.243 e. The molecule has 2 saturated heterocycles. The van der Waals surface area contributed by atoms with Gasteiger partial charge in [-0.05, 0) is 12.8 Å². The molecule has 2 aliphatic rings. The Morgan fingerprint density at radius 2 is 2.38 bits per heavy atom. The second kappa shape index (κ2) is 4.12. The van der Waals surface area contributed by atoms with E-state index in [-0.39, 0.29) is 18.1 Å². The van der Waals surface area contributed by atoms with Gasteiger partial charge < -0.3 is 19.7 Å². The third-order valence-corrected chi connectivity index (χ3v) is 3.16. The molecule has 0 saturated carbocycles. The topological polar surface area (TPSA) is 80.4 Å². The van der Waals surface area contributed by atoms with Crippen LogP contribution in [0.15, 0.2) is 4.52 Å². The summed E-state index contributed by atoms with van der Waals surface area (Å²) in [6.45, 7) is 2.05. The summed E-state index contributed by atoms with van der Waals surface area (Å²) < 4.78 is 10.5. The Hall–Kier alpha value is -0.980. The van der Waals surface area contributed by atoms with Crippen LogP contribution in [0.25, 0.3) is 0 Å². The van der Waals surface area contributed by atoms with Crippen molar-refractivity contribution in [3.05, 3.63) is 11.7 Å². The molecule has 0 spiro atoms. The van der Waals surface area contributed by atoms with Gasteiger partial charge in [0.25, 0.3) is 0 Å². The molecule has 3 atom stereocenters. The molecule has 0 aromatic carbocycles. The van der Waals surface area contributed by atoms with Crippen molar-refractivity contribution in [2.24, 2.45) is 0 Å². The first kappa shape index (κ1) is 10.2. The Balaban J connectivity index is 1.72. The number of hydrogen-bond donors (Lipinski definition) is 2. The van der Waals surface area contributed by atoms with Gasteiger partial charge in [-0.25, -0.2) is 0 Å². The van der Waals surface area contributed by atoms with E-state index in [4.69, 9.17) is 9.26 Å². The number of aliphatic hydroxyl groups is 1. The molecule has 0 amide bonds. The van der Waals surface area contributed by atoms with Crippen molar-refractivity contribution in [2.45, 2.75) is 30.9 Å². The van der Waals surface area contributed by atoms with Gasteiger partial charge in [0.2, 0.25) is 5.89 Å². The fraction of sp³-hybridized carbons (Fsp3) is 0.800. The summed E-state index contributed by atoms with van der Waals surface area (Å²) in [6.07, 6.45) is 1.29. The Morgan fingerprint density at radius 3 is 3.06 bits per heavy atom. The highest BCUT2D eigenvalue weighted by molar-refractivity contribution is 5.02. The maximum atomic E-state index is 9.41. The second-order valence-corrected chi connectivity index (χ2v) is 4.40. The maximum Gasteiger partial charge on any atom is 0.243 e. The number of aromatic nitrogens is 2. The molecule has 3 heterocycles. The first-order valence-corrected chi connectivity index (χ1v) is 5.65. The Morgan fingerprint density at radius 1 is 1.44 bits per heavy atom. The summed E-state index contributed by atoms with van der Waals surface area (Å²) in [5, 5.41) is 16.5. The van der Waals surface area contributed by atoms with Crippen LogP contribution in [0.4, 0.5) is 0 Å². The number of nitrogens with one attached hydrogen (secondary N) is 1. The van der Waals surface area contributed by atoms with Crippen molar-refractivity contribution >= 4 is 0 Å². The van der Waals surface area contributed by atoms with Gasteiger partial charge in [-0.15, -0.1) is 0 Å². The van der Waals surface area contributed by atoms with E-state index < -0.39 is 0 Å². The molecule has 1 aromatic rings. The average Bonchev–Trinajstić information content (AvgIpc) is 2.97. The summed E-state index contributed by atoms with van der Waals surface area (Å²) in [7, 11) is 0. The molecule has 3 rings (SSSR count).